The number of halogens is 1. The van der Waals surface area contributed by atoms with Crippen LogP contribution in [0.25, 0.3) is 0 Å². The molecule has 0 unspecified atom stereocenters. The van der Waals surface area contributed by atoms with E-state index >= 15 is 0 Å². The molecular weight excluding hydrogens is 318 g/mol. The van der Waals surface area contributed by atoms with Crippen molar-refractivity contribution in [1.82, 2.24) is 4.98 Å². The van der Waals surface area contributed by atoms with Crippen molar-refractivity contribution >= 4 is 33.3 Å². The summed E-state index contributed by atoms with van der Waals surface area (Å²) in [5.41, 5.74) is 2.34. The number of carbonyl (C=O) groups excluding carboxylic acids is 1. The van der Waals surface area contributed by atoms with Gasteiger partial charge in [0, 0.05) is 22.9 Å². The van der Waals surface area contributed by atoms with E-state index in [4.69, 9.17) is 0 Å². The Hall–Kier alpha value is -1.88. The van der Waals surface area contributed by atoms with E-state index < -0.39 is 0 Å². The van der Waals surface area contributed by atoms with Gasteiger partial charge in [0.1, 0.15) is 5.82 Å². The summed E-state index contributed by atoms with van der Waals surface area (Å²) in [6.45, 7) is 4.64. The fourth-order valence-corrected chi connectivity index (χ4v) is 2.33. The first kappa shape index (κ1) is 14.5. The molecule has 2 aromatic rings. The molecule has 1 aromatic heterocycles. The lowest BCUT2D eigenvalue weighted by Crippen LogP contribution is -2.16. The molecule has 0 bridgehead atoms. The predicted octanol–water partition coefficient (Wildman–Crippen LogP) is 3.84. The summed E-state index contributed by atoms with van der Waals surface area (Å²) in [6, 6.07) is 9.25. The monoisotopic (exact) mass is 333 g/mol. The van der Waals surface area contributed by atoms with Crippen LogP contribution in [0.5, 0.6) is 0 Å². The maximum Gasteiger partial charge on any atom is 0.259 e. The standard InChI is InChI=1S/C15H16BrN3O/c1-3-17-14-12(5-4-8-18-14)15(20)19-13-7-6-11(16)9-10(13)2/h4-9H,3H2,1-2H3,(H,17,18)(H,19,20). The Labute approximate surface area is 126 Å². The molecule has 0 fully saturated rings. The summed E-state index contributed by atoms with van der Waals surface area (Å²) in [5, 5.41) is 6.00. The van der Waals surface area contributed by atoms with Gasteiger partial charge in [-0.15, -0.1) is 0 Å². The molecule has 0 aliphatic carbocycles. The van der Waals surface area contributed by atoms with Crippen molar-refractivity contribution in [2.45, 2.75) is 13.8 Å². The molecule has 1 aromatic carbocycles. The zero-order valence-electron chi connectivity index (χ0n) is 11.4. The van der Waals surface area contributed by atoms with Crippen LogP contribution < -0.4 is 10.6 Å². The van der Waals surface area contributed by atoms with Gasteiger partial charge in [0.2, 0.25) is 0 Å². The van der Waals surface area contributed by atoms with E-state index in [1.165, 1.54) is 0 Å². The highest BCUT2D eigenvalue weighted by molar-refractivity contribution is 9.10. The minimum atomic E-state index is -0.167. The van der Waals surface area contributed by atoms with Gasteiger partial charge in [0.25, 0.3) is 5.91 Å². The summed E-state index contributed by atoms with van der Waals surface area (Å²) in [4.78, 5) is 16.5. The lowest BCUT2D eigenvalue weighted by Gasteiger charge is -2.11. The molecule has 0 aliphatic heterocycles. The molecule has 0 aliphatic rings. The number of anilines is 2. The Morgan fingerprint density at radius 2 is 2.15 bits per heavy atom. The summed E-state index contributed by atoms with van der Waals surface area (Å²) < 4.78 is 0.989. The molecule has 0 saturated carbocycles. The number of nitrogens with zero attached hydrogens (tertiary/aromatic N) is 1. The molecule has 104 valence electrons. The topological polar surface area (TPSA) is 54.0 Å². The number of rotatable bonds is 4. The Morgan fingerprint density at radius 3 is 2.85 bits per heavy atom. The number of benzene rings is 1. The molecule has 0 radical (unpaired) electrons. The quantitative estimate of drug-likeness (QED) is 0.893. The molecule has 2 rings (SSSR count). The van der Waals surface area contributed by atoms with Crippen LogP contribution in [0.3, 0.4) is 0 Å². The first-order chi connectivity index (χ1) is 9.61. The summed E-state index contributed by atoms with van der Waals surface area (Å²) in [7, 11) is 0. The van der Waals surface area contributed by atoms with Gasteiger partial charge in [-0.1, -0.05) is 15.9 Å². The van der Waals surface area contributed by atoms with Crippen molar-refractivity contribution in [2.24, 2.45) is 0 Å². The molecule has 5 heteroatoms. The summed E-state index contributed by atoms with van der Waals surface area (Å²) in [5.74, 6) is 0.432. The van der Waals surface area contributed by atoms with E-state index in [1.807, 2.05) is 32.0 Å². The summed E-state index contributed by atoms with van der Waals surface area (Å²) >= 11 is 3.41. The fourth-order valence-electron chi connectivity index (χ4n) is 1.85. The van der Waals surface area contributed by atoms with Crippen molar-refractivity contribution in [3.63, 3.8) is 0 Å². The average Bonchev–Trinajstić information content (AvgIpc) is 2.43. The van der Waals surface area contributed by atoms with Gasteiger partial charge < -0.3 is 10.6 Å². The maximum absolute atomic E-state index is 12.3. The number of hydrogen-bond acceptors (Lipinski definition) is 3. The third-order valence-corrected chi connectivity index (χ3v) is 3.33. The highest BCUT2D eigenvalue weighted by atomic mass is 79.9. The van der Waals surface area contributed by atoms with Gasteiger partial charge >= 0.3 is 0 Å². The van der Waals surface area contributed by atoms with Crippen LogP contribution in [-0.4, -0.2) is 17.4 Å². The largest absolute Gasteiger partial charge is 0.370 e. The zero-order chi connectivity index (χ0) is 14.5. The number of pyridine rings is 1. The van der Waals surface area contributed by atoms with Crippen LogP contribution in [0.4, 0.5) is 11.5 Å². The van der Waals surface area contributed by atoms with Gasteiger partial charge in [0.05, 0.1) is 5.56 Å². The van der Waals surface area contributed by atoms with E-state index in [0.29, 0.717) is 17.9 Å². The minimum Gasteiger partial charge on any atom is -0.370 e. The minimum absolute atomic E-state index is 0.167. The third-order valence-electron chi connectivity index (χ3n) is 2.83. The molecular formula is C15H16BrN3O. The molecule has 0 saturated heterocycles. The number of nitrogens with one attached hydrogen (secondary N) is 2. The second kappa shape index (κ2) is 6.52. The van der Waals surface area contributed by atoms with E-state index in [2.05, 4.69) is 31.5 Å². The van der Waals surface area contributed by atoms with Crippen molar-refractivity contribution in [2.75, 3.05) is 17.2 Å². The van der Waals surface area contributed by atoms with Gasteiger partial charge in [-0.05, 0) is 49.7 Å². The van der Waals surface area contributed by atoms with Crippen LogP contribution in [-0.2, 0) is 0 Å². The lowest BCUT2D eigenvalue weighted by molar-refractivity contribution is 0.102. The highest BCUT2D eigenvalue weighted by Gasteiger charge is 2.12. The Morgan fingerprint density at radius 1 is 1.35 bits per heavy atom. The number of hydrogen-bond donors (Lipinski definition) is 2. The number of amides is 1. The van der Waals surface area contributed by atoms with E-state index in [9.17, 15) is 4.79 Å². The first-order valence-electron chi connectivity index (χ1n) is 6.38. The number of aryl methyl sites for hydroxylation is 1. The van der Waals surface area contributed by atoms with E-state index in [0.717, 1.165) is 15.7 Å². The van der Waals surface area contributed by atoms with Crippen molar-refractivity contribution in [3.05, 3.63) is 52.1 Å². The Bertz CT molecular complexity index is 628. The highest BCUT2D eigenvalue weighted by Crippen LogP contribution is 2.21. The third kappa shape index (κ3) is 3.36. The SMILES string of the molecule is CCNc1ncccc1C(=O)Nc1ccc(Br)cc1C. The molecule has 1 heterocycles. The fraction of sp³-hybridized carbons (Fsp3) is 0.200. The van der Waals surface area contributed by atoms with Gasteiger partial charge in [-0.25, -0.2) is 4.98 Å². The van der Waals surface area contributed by atoms with Crippen LogP contribution in [0.15, 0.2) is 41.0 Å². The molecule has 1 amide bonds. The Kier molecular flexibility index (Phi) is 4.74. The second-order valence-electron chi connectivity index (χ2n) is 4.34. The number of aromatic nitrogens is 1. The zero-order valence-corrected chi connectivity index (χ0v) is 13.0. The lowest BCUT2D eigenvalue weighted by atomic mass is 10.2. The summed E-state index contributed by atoms with van der Waals surface area (Å²) in [6.07, 6.45) is 1.67. The first-order valence-corrected chi connectivity index (χ1v) is 7.17. The van der Waals surface area contributed by atoms with Crippen LogP contribution >= 0.6 is 15.9 Å². The molecule has 0 atom stereocenters. The Balaban J connectivity index is 2.24. The maximum atomic E-state index is 12.3. The number of carbonyl (C=O) groups is 1. The van der Waals surface area contributed by atoms with Crippen LogP contribution in [0, 0.1) is 6.92 Å². The van der Waals surface area contributed by atoms with Gasteiger partial charge in [-0.2, -0.15) is 0 Å². The van der Waals surface area contributed by atoms with Crippen LogP contribution in [0.1, 0.15) is 22.8 Å². The van der Waals surface area contributed by atoms with Gasteiger partial charge in [0.15, 0.2) is 0 Å². The van der Waals surface area contributed by atoms with Crippen molar-refractivity contribution < 1.29 is 4.79 Å². The normalized spacial score (nSPS) is 10.2. The second-order valence-corrected chi connectivity index (χ2v) is 5.26. The predicted molar refractivity (Wildman–Crippen MR) is 85.2 cm³/mol. The van der Waals surface area contributed by atoms with Crippen molar-refractivity contribution in [3.8, 4) is 0 Å². The molecule has 2 N–H and O–H groups in total. The molecule has 0 spiro atoms. The average molecular weight is 334 g/mol. The smallest absolute Gasteiger partial charge is 0.259 e. The van der Waals surface area contributed by atoms with Crippen LogP contribution in [0.2, 0.25) is 0 Å². The molecule has 20 heavy (non-hydrogen) atoms. The molecule has 4 nitrogen and oxygen atoms in total. The van der Waals surface area contributed by atoms with Crippen molar-refractivity contribution in [1.29, 1.82) is 0 Å². The van der Waals surface area contributed by atoms with E-state index in [-0.39, 0.29) is 5.91 Å². The van der Waals surface area contributed by atoms with E-state index in [1.54, 1.807) is 18.3 Å². The van der Waals surface area contributed by atoms with Gasteiger partial charge in [-0.3, -0.25) is 4.79 Å².